The van der Waals surface area contributed by atoms with Crippen molar-refractivity contribution >= 4 is 16.1 Å². The number of carbonyl (C=O) groups is 1. The summed E-state index contributed by atoms with van der Waals surface area (Å²) in [5.41, 5.74) is 0.214. The largest absolute Gasteiger partial charge is 0.481 e. The Kier molecular flexibility index (Phi) is 4.67. The van der Waals surface area contributed by atoms with Crippen LogP contribution in [0.4, 0.5) is 0 Å². The minimum absolute atomic E-state index is 0.0229. The van der Waals surface area contributed by atoms with E-state index in [-0.39, 0.29) is 17.7 Å². The zero-order valence-electron chi connectivity index (χ0n) is 11.7. The smallest absolute Gasteiger partial charge is 0.307 e. The van der Waals surface area contributed by atoms with Gasteiger partial charge >= 0.3 is 16.1 Å². The summed E-state index contributed by atoms with van der Waals surface area (Å²) >= 11 is 0. The van der Waals surface area contributed by atoms with Crippen molar-refractivity contribution in [3.05, 3.63) is 54.1 Å². The average Bonchev–Trinajstić information content (AvgIpc) is 2.41. The molecular weight excluding hydrogens is 308 g/mol. The van der Waals surface area contributed by atoms with Gasteiger partial charge in [-0.15, -0.1) is 0 Å². The van der Waals surface area contributed by atoms with Gasteiger partial charge in [-0.2, -0.15) is 8.42 Å². The second-order valence-electron chi connectivity index (χ2n) is 4.54. The van der Waals surface area contributed by atoms with Gasteiger partial charge in [0.05, 0.1) is 12.7 Å². The van der Waals surface area contributed by atoms with Crippen molar-refractivity contribution < 1.29 is 27.2 Å². The summed E-state index contributed by atoms with van der Waals surface area (Å²) in [6, 6.07) is 13.3. The maximum atomic E-state index is 11.2. The van der Waals surface area contributed by atoms with Crippen molar-refractivity contribution in [2.75, 3.05) is 6.26 Å². The first-order chi connectivity index (χ1) is 10.3. The number of benzene rings is 2. The fraction of sp³-hybridized carbons (Fsp3) is 0.133. The molecule has 0 amide bonds. The van der Waals surface area contributed by atoms with Crippen molar-refractivity contribution in [1.29, 1.82) is 0 Å². The van der Waals surface area contributed by atoms with Crippen molar-refractivity contribution in [2.45, 2.75) is 6.42 Å². The molecule has 0 aliphatic rings. The van der Waals surface area contributed by atoms with Crippen LogP contribution in [-0.2, 0) is 21.3 Å². The Morgan fingerprint density at radius 2 is 1.77 bits per heavy atom. The first-order valence-electron chi connectivity index (χ1n) is 6.30. The maximum Gasteiger partial charge on any atom is 0.307 e. The van der Waals surface area contributed by atoms with Gasteiger partial charge in [0.1, 0.15) is 17.2 Å². The van der Waals surface area contributed by atoms with Gasteiger partial charge < -0.3 is 14.0 Å². The summed E-state index contributed by atoms with van der Waals surface area (Å²) in [5, 5.41) is 8.92. The molecule has 0 heterocycles. The highest BCUT2D eigenvalue weighted by Crippen LogP contribution is 2.29. The van der Waals surface area contributed by atoms with Gasteiger partial charge in [-0.25, -0.2) is 0 Å². The molecule has 0 unspecified atom stereocenters. The second-order valence-corrected chi connectivity index (χ2v) is 6.12. The number of carboxylic acid groups (broad SMARTS) is 1. The minimum Gasteiger partial charge on any atom is -0.481 e. The molecule has 6 nitrogen and oxygen atoms in total. The lowest BCUT2D eigenvalue weighted by molar-refractivity contribution is -0.136. The maximum absolute atomic E-state index is 11.2. The van der Waals surface area contributed by atoms with Crippen molar-refractivity contribution in [3.63, 3.8) is 0 Å². The molecule has 2 aromatic rings. The number of rotatable bonds is 6. The Hall–Kier alpha value is -2.54. The van der Waals surface area contributed by atoms with Crippen LogP contribution in [0.1, 0.15) is 5.56 Å². The Labute approximate surface area is 128 Å². The predicted molar refractivity (Wildman–Crippen MR) is 79.8 cm³/mol. The predicted octanol–water partition coefficient (Wildman–Crippen LogP) is 2.44. The third kappa shape index (κ3) is 4.78. The van der Waals surface area contributed by atoms with Gasteiger partial charge in [0.15, 0.2) is 0 Å². The van der Waals surface area contributed by atoms with Gasteiger partial charge in [0.25, 0.3) is 0 Å². The van der Waals surface area contributed by atoms with Crippen molar-refractivity contribution in [3.8, 4) is 17.2 Å². The van der Waals surface area contributed by atoms with E-state index in [1.54, 1.807) is 24.3 Å². The van der Waals surface area contributed by atoms with Crippen LogP contribution in [0, 0.1) is 0 Å². The summed E-state index contributed by atoms with van der Waals surface area (Å²) in [7, 11) is -3.74. The molecule has 7 heteroatoms. The number of aliphatic carboxylic acids is 1. The molecule has 0 aliphatic heterocycles. The van der Waals surface area contributed by atoms with Crippen LogP contribution in [0.15, 0.2) is 48.5 Å². The van der Waals surface area contributed by atoms with E-state index in [2.05, 4.69) is 0 Å². The Bertz CT molecular complexity index is 768. The van der Waals surface area contributed by atoms with Crippen LogP contribution >= 0.6 is 0 Å². The monoisotopic (exact) mass is 322 g/mol. The Balaban J connectivity index is 2.32. The van der Waals surface area contributed by atoms with Gasteiger partial charge in [0, 0.05) is 5.56 Å². The third-order valence-electron chi connectivity index (χ3n) is 2.59. The lowest BCUT2D eigenvalue weighted by Gasteiger charge is -2.11. The van der Waals surface area contributed by atoms with Gasteiger partial charge in [-0.3, -0.25) is 4.79 Å². The molecule has 0 spiro atoms. The highest BCUT2D eigenvalue weighted by Gasteiger charge is 2.14. The molecule has 2 aromatic carbocycles. The van der Waals surface area contributed by atoms with E-state index in [0.29, 0.717) is 11.5 Å². The van der Waals surface area contributed by atoms with Crippen LogP contribution in [0.3, 0.4) is 0 Å². The standard InChI is InChI=1S/C15H14O6S/c1-22(18,19)21-14-8-7-13(9-11(14)10-15(16)17)20-12-5-3-2-4-6-12/h2-9H,10H2,1H3,(H,16,17). The Morgan fingerprint density at radius 3 is 2.36 bits per heavy atom. The molecule has 1 N–H and O–H groups in total. The van der Waals surface area contributed by atoms with E-state index >= 15 is 0 Å². The molecule has 0 fully saturated rings. The highest BCUT2D eigenvalue weighted by molar-refractivity contribution is 7.86. The topological polar surface area (TPSA) is 89.9 Å². The number of hydrogen-bond acceptors (Lipinski definition) is 5. The van der Waals surface area contributed by atoms with Crippen molar-refractivity contribution in [2.24, 2.45) is 0 Å². The van der Waals surface area contributed by atoms with Crippen LogP contribution in [0.2, 0.25) is 0 Å². The van der Waals surface area contributed by atoms with E-state index in [9.17, 15) is 13.2 Å². The van der Waals surface area contributed by atoms with Gasteiger partial charge in [-0.1, -0.05) is 18.2 Å². The van der Waals surface area contributed by atoms with Crippen LogP contribution in [0.5, 0.6) is 17.2 Å². The summed E-state index contributed by atoms with van der Waals surface area (Å²) < 4.78 is 32.8. The Morgan fingerprint density at radius 1 is 1.09 bits per heavy atom. The van der Waals surface area contributed by atoms with E-state index in [1.165, 1.54) is 18.2 Å². The first-order valence-corrected chi connectivity index (χ1v) is 8.12. The fourth-order valence-electron chi connectivity index (χ4n) is 1.79. The zero-order valence-corrected chi connectivity index (χ0v) is 12.5. The van der Waals surface area contributed by atoms with Gasteiger partial charge in [0.2, 0.25) is 0 Å². The average molecular weight is 322 g/mol. The molecule has 0 aliphatic carbocycles. The lowest BCUT2D eigenvalue weighted by Crippen LogP contribution is -2.09. The lowest BCUT2D eigenvalue weighted by atomic mass is 10.1. The second kappa shape index (κ2) is 6.48. The van der Waals surface area contributed by atoms with Crippen LogP contribution < -0.4 is 8.92 Å². The molecule has 0 aromatic heterocycles. The van der Waals surface area contributed by atoms with Crippen LogP contribution in [0.25, 0.3) is 0 Å². The molecule has 0 radical (unpaired) electrons. The van der Waals surface area contributed by atoms with E-state index in [4.69, 9.17) is 14.0 Å². The molecule has 0 bridgehead atoms. The third-order valence-corrected chi connectivity index (χ3v) is 3.08. The normalized spacial score (nSPS) is 11.0. The molecule has 116 valence electrons. The van der Waals surface area contributed by atoms with Gasteiger partial charge in [-0.05, 0) is 30.3 Å². The van der Waals surface area contributed by atoms with Crippen LogP contribution in [-0.4, -0.2) is 25.7 Å². The number of ether oxygens (including phenoxy) is 1. The SMILES string of the molecule is CS(=O)(=O)Oc1ccc(Oc2ccccc2)cc1CC(=O)O. The molecule has 22 heavy (non-hydrogen) atoms. The first kappa shape index (κ1) is 15.8. The molecule has 2 rings (SSSR count). The fourth-order valence-corrected chi connectivity index (χ4v) is 2.28. The molecular formula is C15H14O6S. The quantitative estimate of drug-likeness (QED) is 0.822. The van der Waals surface area contributed by atoms with E-state index < -0.39 is 16.1 Å². The van der Waals surface area contributed by atoms with E-state index in [0.717, 1.165) is 6.26 Å². The number of para-hydroxylation sites is 1. The summed E-state index contributed by atoms with van der Waals surface area (Å²) in [5.74, 6) is -0.149. The van der Waals surface area contributed by atoms with E-state index in [1.807, 2.05) is 6.07 Å². The summed E-state index contributed by atoms with van der Waals surface area (Å²) in [6.07, 6.45) is 0.517. The molecule has 0 saturated heterocycles. The van der Waals surface area contributed by atoms with Crippen molar-refractivity contribution in [1.82, 2.24) is 0 Å². The molecule has 0 saturated carbocycles. The number of hydrogen-bond donors (Lipinski definition) is 1. The summed E-state index contributed by atoms with van der Waals surface area (Å²) in [6.45, 7) is 0. The minimum atomic E-state index is -3.74. The summed E-state index contributed by atoms with van der Waals surface area (Å²) in [4.78, 5) is 10.9. The highest BCUT2D eigenvalue weighted by atomic mass is 32.2. The number of carboxylic acids is 1. The zero-order chi connectivity index (χ0) is 16.2. The molecule has 0 atom stereocenters.